The minimum Gasteiger partial charge on any atom is -0.464 e. The van der Waals surface area contributed by atoms with E-state index < -0.39 is 0 Å². The summed E-state index contributed by atoms with van der Waals surface area (Å²) in [5, 5.41) is 0. The van der Waals surface area contributed by atoms with Crippen LogP contribution in [0.5, 0.6) is 0 Å². The summed E-state index contributed by atoms with van der Waals surface area (Å²) in [5.74, 6) is -0.114. The van der Waals surface area contributed by atoms with Crippen molar-refractivity contribution in [3.05, 3.63) is 0 Å². The molecule has 3 nitrogen and oxygen atoms in total. The van der Waals surface area contributed by atoms with Gasteiger partial charge in [-0.05, 0) is 12.8 Å². The van der Waals surface area contributed by atoms with E-state index in [0.29, 0.717) is 13.0 Å². The maximum atomic E-state index is 11.1. The van der Waals surface area contributed by atoms with Gasteiger partial charge in [-0.3, -0.25) is 4.79 Å². The van der Waals surface area contributed by atoms with Gasteiger partial charge in [-0.1, -0.05) is 26.7 Å². The molecule has 0 aliphatic rings. The molecule has 2 N–H and O–H groups in total. The molecule has 0 aliphatic heterocycles. The lowest BCUT2D eigenvalue weighted by Crippen LogP contribution is -2.26. The van der Waals surface area contributed by atoms with Gasteiger partial charge in [0.15, 0.2) is 0 Å². The molecule has 0 amide bonds. The Hall–Kier alpha value is -0.570. The van der Waals surface area contributed by atoms with Crippen LogP contribution in [0.1, 0.15) is 46.0 Å². The van der Waals surface area contributed by atoms with Crippen molar-refractivity contribution < 1.29 is 9.53 Å². The van der Waals surface area contributed by atoms with Crippen molar-refractivity contribution in [2.45, 2.75) is 52.0 Å². The van der Waals surface area contributed by atoms with Gasteiger partial charge in [-0.25, -0.2) is 0 Å². The van der Waals surface area contributed by atoms with Crippen LogP contribution in [0.25, 0.3) is 0 Å². The van der Waals surface area contributed by atoms with Crippen molar-refractivity contribution in [2.24, 2.45) is 5.73 Å². The molecule has 0 rings (SSSR count). The summed E-state index contributed by atoms with van der Waals surface area (Å²) >= 11 is 0. The number of hydrogen-bond acceptors (Lipinski definition) is 3. The van der Waals surface area contributed by atoms with Crippen LogP contribution in [-0.2, 0) is 9.53 Å². The molecular weight excluding hydrogens is 166 g/mol. The molecule has 1 atom stereocenters. The third kappa shape index (κ3) is 7.78. The van der Waals surface area contributed by atoms with Gasteiger partial charge in [0.1, 0.15) is 6.61 Å². The van der Waals surface area contributed by atoms with Crippen LogP contribution in [0.2, 0.25) is 0 Å². The minimum atomic E-state index is -0.114. The molecule has 13 heavy (non-hydrogen) atoms. The molecule has 1 unspecified atom stereocenters. The first-order valence-electron chi connectivity index (χ1n) is 5.11. The maximum absolute atomic E-state index is 11.1. The number of carbonyl (C=O) groups excluding carboxylic acids is 1. The zero-order valence-corrected chi connectivity index (χ0v) is 8.71. The second kappa shape index (κ2) is 8.05. The van der Waals surface area contributed by atoms with Gasteiger partial charge < -0.3 is 10.5 Å². The fraction of sp³-hybridized carbons (Fsp3) is 0.900. The number of hydrogen-bond donors (Lipinski definition) is 1. The Kier molecular flexibility index (Phi) is 7.69. The quantitative estimate of drug-likeness (QED) is 0.489. The van der Waals surface area contributed by atoms with Gasteiger partial charge >= 0.3 is 5.97 Å². The summed E-state index contributed by atoms with van der Waals surface area (Å²) in [4.78, 5) is 11.1. The summed E-state index contributed by atoms with van der Waals surface area (Å²) in [5.41, 5.74) is 5.60. The number of nitrogens with two attached hydrogens (primary N) is 1. The molecule has 0 radical (unpaired) electrons. The predicted molar refractivity (Wildman–Crippen MR) is 53.4 cm³/mol. The molecule has 0 aromatic heterocycles. The molecule has 78 valence electrons. The average molecular weight is 187 g/mol. The molecule has 0 aromatic carbocycles. The summed E-state index contributed by atoms with van der Waals surface area (Å²) < 4.78 is 4.98. The van der Waals surface area contributed by atoms with E-state index in [0.717, 1.165) is 25.7 Å². The fourth-order valence-corrected chi connectivity index (χ4v) is 0.909. The lowest BCUT2D eigenvalue weighted by Gasteiger charge is -2.09. The molecule has 0 bridgehead atoms. The van der Waals surface area contributed by atoms with E-state index in [1.807, 2.05) is 6.92 Å². The molecule has 0 aliphatic carbocycles. The predicted octanol–water partition coefficient (Wildman–Crippen LogP) is 1.85. The fourth-order valence-electron chi connectivity index (χ4n) is 0.909. The topological polar surface area (TPSA) is 52.3 Å². The normalized spacial score (nSPS) is 12.5. The van der Waals surface area contributed by atoms with Crippen molar-refractivity contribution in [1.29, 1.82) is 0 Å². The number of esters is 1. The van der Waals surface area contributed by atoms with Crippen LogP contribution in [0.3, 0.4) is 0 Å². The van der Waals surface area contributed by atoms with E-state index in [2.05, 4.69) is 6.92 Å². The highest BCUT2D eigenvalue weighted by molar-refractivity contribution is 5.69. The van der Waals surface area contributed by atoms with Crippen molar-refractivity contribution in [3.8, 4) is 0 Å². The zero-order valence-electron chi connectivity index (χ0n) is 8.71. The van der Waals surface area contributed by atoms with Gasteiger partial charge in [0, 0.05) is 12.5 Å². The third-order valence-corrected chi connectivity index (χ3v) is 1.97. The summed E-state index contributed by atoms with van der Waals surface area (Å²) in [6.07, 6.45) is 4.53. The van der Waals surface area contributed by atoms with Gasteiger partial charge in [0.05, 0.1) is 0 Å². The van der Waals surface area contributed by atoms with Gasteiger partial charge in [-0.2, -0.15) is 0 Å². The zero-order chi connectivity index (χ0) is 10.1. The summed E-state index contributed by atoms with van der Waals surface area (Å²) in [6.45, 7) is 4.45. The first-order valence-corrected chi connectivity index (χ1v) is 5.11. The Bertz CT molecular complexity index is 137. The molecule has 0 heterocycles. The molecule has 0 saturated heterocycles. The highest BCUT2D eigenvalue weighted by Crippen LogP contribution is 2.00. The van der Waals surface area contributed by atoms with Crippen LogP contribution in [0, 0.1) is 0 Å². The van der Waals surface area contributed by atoms with Crippen LogP contribution in [0.15, 0.2) is 0 Å². The third-order valence-electron chi connectivity index (χ3n) is 1.97. The SMILES string of the molecule is CCCCCC(=O)OCC(N)CC. The van der Waals surface area contributed by atoms with E-state index in [-0.39, 0.29) is 12.0 Å². The van der Waals surface area contributed by atoms with Crippen LogP contribution in [-0.4, -0.2) is 18.6 Å². The number of ether oxygens (including phenoxy) is 1. The van der Waals surface area contributed by atoms with E-state index in [1.165, 1.54) is 0 Å². The van der Waals surface area contributed by atoms with Crippen molar-refractivity contribution in [1.82, 2.24) is 0 Å². The lowest BCUT2D eigenvalue weighted by molar-refractivity contribution is -0.144. The smallest absolute Gasteiger partial charge is 0.305 e. The molecule has 0 spiro atoms. The maximum Gasteiger partial charge on any atom is 0.305 e. The molecule has 3 heteroatoms. The molecule has 0 saturated carbocycles. The summed E-state index contributed by atoms with van der Waals surface area (Å²) in [6, 6.07) is -0.00451. The number of carbonyl (C=O) groups is 1. The first kappa shape index (κ1) is 12.4. The van der Waals surface area contributed by atoms with E-state index >= 15 is 0 Å². The Balaban J connectivity index is 3.30. The Morgan fingerprint density at radius 3 is 2.62 bits per heavy atom. The summed E-state index contributed by atoms with van der Waals surface area (Å²) in [7, 11) is 0. The Morgan fingerprint density at radius 2 is 2.08 bits per heavy atom. The monoisotopic (exact) mass is 187 g/mol. The molecule has 0 aromatic rings. The van der Waals surface area contributed by atoms with E-state index in [4.69, 9.17) is 10.5 Å². The molecular formula is C10H21NO2. The first-order chi connectivity index (χ1) is 6.20. The average Bonchev–Trinajstić information content (AvgIpc) is 2.14. The van der Waals surface area contributed by atoms with E-state index in [9.17, 15) is 4.79 Å². The largest absolute Gasteiger partial charge is 0.464 e. The van der Waals surface area contributed by atoms with Gasteiger partial charge in [-0.15, -0.1) is 0 Å². The Labute approximate surface area is 80.6 Å². The second-order valence-electron chi connectivity index (χ2n) is 3.31. The van der Waals surface area contributed by atoms with Crippen molar-refractivity contribution >= 4 is 5.97 Å². The second-order valence-corrected chi connectivity index (χ2v) is 3.31. The van der Waals surface area contributed by atoms with Crippen LogP contribution in [0.4, 0.5) is 0 Å². The highest BCUT2D eigenvalue weighted by Gasteiger charge is 2.05. The Morgan fingerprint density at radius 1 is 1.38 bits per heavy atom. The number of unbranched alkanes of at least 4 members (excludes halogenated alkanes) is 2. The van der Waals surface area contributed by atoms with Gasteiger partial charge in [0.25, 0.3) is 0 Å². The van der Waals surface area contributed by atoms with Crippen molar-refractivity contribution in [3.63, 3.8) is 0 Å². The standard InChI is InChI=1S/C10H21NO2/c1-3-5-6-7-10(12)13-8-9(11)4-2/h9H,3-8,11H2,1-2H3. The lowest BCUT2D eigenvalue weighted by atomic mass is 10.2. The number of rotatable bonds is 7. The van der Waals surface area contributed by atoms with E-state index in [1.54, 1.807) is 0 Å². The van der Waals surface area contributed by atoms with Crippen molar-refractivity contribution in [2.75, 3.05) is 6.61 Å². The van der Waals surface area contributed by atoms with Crippen LogP contribution < -0.4 is 5.73 Å². The van der Waals surface area contributed by atoms with Gasteiger partial charge in [0.2, 0.25) is 0 Å². The highest BCUT2D eigenvalue weighted by atomic mass is 16.5. The minimum absolute atomic E-state index is 0.00451. The molecule has 0 fully saturated rings. The van der Waals surface area contributed by atoms with Crippen LogP contribution >= 0.6 is 0 Å².